The van der Waals surface area contributed by atoms with E-state index < -0.39 is 0 Å². The molecule has 0 aliphatic carbocycles. The molecule has 0 aromatic heterocycles. The van der Waals surface area contributed by atoms with Gasteiger partial charge in [-0.1, -0.05) is 22.9 Å². The van der Waals surface area contributed by atoms with Gasteiger partial charge in [0.2, 0.25) is 0 Å². The van der Waals surface area contributed by atoms with E-state index >= 15 is 0 Å². The molecule has 1 heterocycles. The quantitative estimate of drug-likeness (QED) is 0.894. The van der Waals surface area contributed by atoms with Crippen molar-refractivity contribution >= 4 is 15.9 Å². The molecule has 0 radical (unpaired) electrons. The number of benzene rings is 1. The fourth-order valence-electron chi connectivity index (χ4n) is 2.81. The highest BCUT2D eigenvalue weighted by Crippen LogP contribution is 2.23. The smallest absolute Gasteiger partial charge is 0.124 e. The lowest BCUT2D eigenvalue weighted by atomic mass is 9.98. The van der Waals surface area contributed by atoms with Gasteiger partial charge in [-0.2, -0.15) is 0 Å². The Morgan fingerprint density at radius 3 is 2.85 bits per heavy atom. The average Bonchev–Trinajstić information content (AvgIpc) is 2.49. The second kappa shape index (κ2) is 6.54. The monoisotopic (exact) mass is 342 g/mol. The van der Waals surface area contributed by atoms with E-state index in [1.807, 2.05) is 6.07 Å². The third-order valence-electron chi connectivity index (χ3n) is 4.38. The Morgan fingerprint density at radius 2 is 2.20 bits per heavy atom. The first-order chi connectivity index (χ1) is 9.42. The van der Waals surface area contributed by atoms with Gasteiger partial charge in [0.25, 0.3) is 0 Å². The summed E-state index contributed by atoms with van der Waals surface area (Å²) in [5.41, 5.74) is 1.18. The van der Waals surface area contributed by atoms with Gasteiger partial charge >= 0.3 is 0 Å². The molecule has 4 heteroatoms. The van der Waals surface area contributed by atoms with Gasteiger partial charge < -0.3 is 5.32 Å². The Kier molecular flexibility index (Phi) is 5.21. The molecule has 2 unspecified atom stereocenters. The molecule has 0 spiro atoms. The van der Waals surface area contributed by atoms with Crippen LogP contribution in [0.15, 0.2) is 22.7 Å². The van der Waals surface area contributed by atoms with Gasteiger partial charge in [0, 0.05) is 29.1 Å². The Hall–Kier alpha value is -0.450. The summed E-state index contributed by atoms with van der Waals surface area (Å²) in [6.07, 6.45) is 2.23. The summed E-state index contributed by atoms with van der Waals surface area (Å²) < 4.78 is 14.3. The Labute approximate surface area is 129 Å². The second-order valence-corrected chi connectivity index (χ2v) is 7.08. The Bertz CT molecular complexity index is 446. The molecule has 2 nitrogen and oxygen atoms in total. The van der Waals surface area contributed by atoms with Gasteiger partial charge in [0.15, 0.2) is 0 Å². The third-order valence-corrected chi connectivity index (χ3v) is 4.84. The van der Waals surface area contributed by atoms with Gasteiger partial charge in [-0.05, 0) is 57.0 Å². The molecule has 0 bridgehead atoms. The highest BCUT2D eigenvalue weighted by Gasteiger charge is 2.30. The Balaban J connectivity index is 2.16. The molecule has 1 aliphatic heterocycles. The van der Waals surface area contributed by atoms with Crippen LogP contribution in [0.1, 0.15) is 39.2 Å². The van der Waals surface area contributed by atoms with Crippen LogP contribution in [-0.2, 0) is 6.54 Å². The van der Waals surface area contributed by atoms with E-state index in [0.717, 1.165) is 42.5 Å². The van der Waals surface area contributed by atoms with Crippen LogP contribution in [0.4, 0.5) is 4.39 Å². The molecule has 2 atom stereocenters. The van der Waals surface area contributed by atoms with E-state index in [0.29, 0.717) is 6.04 Å². The zero-order valence-electron chi connectivity index (χ0n) is 12.5. The summed E-state index contributed by atoms with van der Waals surface area (Å²) in [4.78, 5) is 2.46. The molecule has 1 aromatic carbocycles. The van der Waals surface area contributed by atoms with Crippen LogP contribution in [0.3, 0.4) is 0 Å². The van der Waals surface area contributed by atoms with Gasteiger partial charge in [-0.3, -0.25) is 4.90 Å². The van der Waals surface area contributed by atoms with Crippen LogP contribution in [0.5, 0.6) is 0 Å². The van der Waals surface area contributed by atoms with Gasteiger partial charge in [0.05, 0.1) is 0 Å². The predicted octanol–water partition coefficient (Wildman–Crippen LogP) is 3.94. The van der Waals surface area contributed by atoms with Crippen LogP contribution in [0.2, 0.25) is 0 Å². The van der Waals surface area contributed by atoms with Crippen LogP contribution in [0, 0.1) is 5.82 Å². The molecule has 0 saturated carbocycles. The molecule has 1 aliphatic rings. The van der Waals surface area contributed by atoms with Gasteiger partial charge in [0.1, 0.15) is 5.82 Å². The van der Waals surface area contributed by atoms with E-state index in [4.69, 9.17) is 0 Å². The zero-order chi connectivity index (χ0) is 14.8. The molecular formula is C16H24BrFN2. The SMILES string of the molecule is CCC1(C)CN(Cc2cc(F)cc(Br)c2)C(C)CCN1. The van der Waals surface area contributed by atoms with E-state index in [-0.39, 0.29) is 11.4 Å². The topological polar surface area (TPSA) is 15.3 Å². The number of nitrogens with one attached hydrogen (secondary N) is 1. The first-order valence-corrected chi connectivity index (χ1v) is 8.15. The molecule has 20 heavy (non-hydrogen) atoms. The lowest BCUT2D eigenvalue weighted by molar-refractivity contribution is 0.163. The summed E-state index contributed by atoms with van der Waals surface area (Å²) in [5.74, 6) is -0.173. The van der Waals surface area contributed by atoms with Gasteiger partial charge in [-0.25, -0.2) is 4.39 Å². The van der Waals surface area contributed by atoms with Crippen molar-refractivity contribution in [2.45, 2.75) is 51.7 Å². The predicted molar refractivity (Wildman–Crippen MR) is 85.3 cm³/mol. The summed E-state index contributed by atoms with van der Waals surface area (Å²) in [7, 11) is 0. The molecule has 112 valence electrons. The number of hydrogen-bond acceptors (Lipinski definition) is 2. The van der Waals surface area contributed by atoms with Crippen LogP contribution >= 0.6 is 15.9 Å². The van der Waals surface area contributed by atoms with Crippen molar-refractivity contribution in [3.63, 3.8) is 0 Å². The standard InChI is InChI=1S/C16H24BrFN2/c1-4-16(3)11-20(12(2)5-6-19-16)10-13-7-14(17)9-15(18)8-13/h7-9,12,19H,4-6,10-11H2,1-3H3. The van der Waals surface area contributed by atoms with Crippen molar-refractivity contribution in [3.05, 3.63) is 34.1 Å². The van der Waals surface area contributed by atoms with E-state index in [2.05, 4.69) is 46.9 Å². The van der Waals surface area contributed by atoms with Crippen molar-refractivity contribution in [1.82, 2.24) is 10.2 Å². The zero-order valence-corrected chi connectivity index (χ0v) is 14.1. The fraction of sp³-hybridized carbons (Fsp3) is 0.625. The van der Waals surface area contributed by atoms with Crippen molar-refractivity contribution in [3.8, 4) is 0 Å². The minimum absolute atomic E-state index is 0.148. The first-order valence-electron chi connectivity index (χ1n) is 7.36. The molecule has 1 N–H and O–H groups in total. The summed E-state index contributed by atoms with van der Waals surface area (Å²) >= 11 is 3.37. The lowest BCUT2D eigenvalue weighted by Gasteiger charge is -2.35. The first kappa shape index (κ1) is 15.9. The number of hydrogen-bond donors (Lipinski definition) is 1. The van der Waals surface area contributed by atoms with Crippen molar-refractivity contribution in [2.24, 2.45) is 0 Å². The minimum atomic E-state index is -0.173. The molecular weight excluding hydrogens is 319 g/mol. The molecule has 1 aromatic rings. The van der Waals surface area contributed by atoms with Crippen LogP contribution in [0.25, 0.3) is 0 Å². The maximum absolute atomic E-state index is 13.5. The van der Waals surface area contributed by atoms with E-state index in [1.165, 1.54) is 6.07 Å². The molecule has 0 amide bonds. The normalized spacial score (nSPS) is 28.4. The van der Waals surface area contributed by atoms with Crippen LogP contribution < -0.4 is 5.32 Å². The third kappa shape index (κ3) is 4.03. The van der Waals surface area contributed by atoms with E-state index in [9.17, 15) is 4.39 Å². The summed E-state index contributed by atoms with van der Waals surface area (Å²) in [6.45, 7) is 9.61. The summed E-state index contributed by atoms with van der Waals surface area (Å²) in [6, 6.07) is 5.67. The highest BCUT2D eigenvalue weighted by atomic mass is 79.9. The lowest BCUT2D eigenvalue weighted by Crippen LogP contribution is -2.49. The molecule has 1 saturated heterocycles. The Morgan fingerprint density at radius 1 is 1.45 bits per heavy atom. The number of halogens is 2. The highest BCUT2D eigenvalue weighted by molar-refractivity contribution is 9.10. The maximum atomic E-state index is 13.5. The minimum Gasteiger partial charge on any atom is -0.310 e. The van der Waals surface area contributed by atoms with Crippen molar-refractivity contribution in [1.29, 1.82) is 0 Å². The van der Waals surface area contributed by atoms with Crippen molar-refractivity contribution in [2.75, 3.05) is 13.1 Å². The number of nitrogens with zero attached hydrogens (tertiary/aromatic N) is 1. The molecule has 1 fully saturated rings. The maximum Gasteiger partial charge on any atom is 0.124 e. The van der Waals surface area contributed by atoms with Gasteiger partial charge in [-0.15, -0.1) is 0 Å². The summed E-state index contributed by atoms with van der Waals surface area (Å²) in [5, 5.41) is 3.65. The average molecular weight is 343 g/mol. The number of rotatable bonds is 3. The van der Waals surface area contributed by atoms with E-state index in [1.54, 1.807) is 6.07 Å². The molecule has 2 rings (SSSR count). The van der Waals surface area contributed by atoms with Crippen molar-refractivity contribution < 1.29 is 4.39 Å². The fourth-order valence-corrected chi connectivity index (χ4v) is 3.32. The second-order valence-electron chi connectivity index (χ2n) is 6.16. The van der Waals surface area contributed by atoms with Crippen LogP contribution in [-0.4, -0.2) is 29.6 Å². The largest absolute Gasteiger partial charge is 0.310 e.